The maximum Gasteiger partial charge on any atom is 0.269 e. The van der Waals surface area contributed by atoms with Gasteiger partial charge in [-0.2, -0.15) is 5.10 Å². The van der Waals surface area contributed by atoms with Crippen molar-refractivity contribution in [2.75, 3.05) is 14.1 Å². The Morgan fingerprint density at radius 2 is 1.74 bits per heavy atom. The Balaban J connectivity index is 1.44. The van der Waals surface area contributed by atoms with Crippen molar-refractivity contribution in [3.63, 3.8) is 0 Å². The van der Waals surface area contributed by atoms with Crippen LogP contribution in [0.4, 0.5) is 5.69 Å². The van der Waals surface area contributed by atoms with Crippen LogP contribution in [-0.2, 0) is 13.1 Å². The zero-order valence-electron chi connectivity index (χ0n) is 19.0. The molecule has 1 amide bonds. The molecule has 0 saturated heterocycles. The number of nitrogens with one attached hydrogen (secondary N) is 1. The van der Waals surface area contributed by atoms with Gasteiger partial charge in [0.2, 0.25) is 0 Å². The van der Waals surface area contributed by atoms with Gasteiger partial charge in [0.05, 0.1) is 22.4 Å². The van der Waals surface area contributed by atoms with Crippen LogP contribution in [0.25, 0.3) is 16.8 Å². The molecule has 0 unspecified atom stereocenters. The minimum atomic E-state index is -0.457. The van der Waals surface area contributed by atoms with E-state index in [9.17, 15) is 14.9 Å². The standard InChI is InChI=1S/C26H25N5O3/c1-29(2)17-19-7-9-20(10-8-19)25-6-4-3-5-21(25)15-27-26(32)22-16-28-30(18-22)23-11-13-24(14-12-23)31(33)34/h3-14,16,18H,15,17H2,1-2H3,(H,27,32). The number of benzene rings is 3. The SMILES string of the molecule is CN(C)Cc1ccc(-c2ccccc2CNC(=O)c2cnn(-c3ccc([N+](=O)[O-])cc3)c2)cc1. The number of hydrogen-bond acceptors (Lipinski definition) is 5. The topological polar surface area (TPSA) is 93.3 Å². The lowest BCUT2D eigenvalue weighted by molar-refractivity contribution is -0.384. The molecule has 1 N–H and O–H groups in total. The van der Waals surface area contributed by atoms with Gasteiger partial charge < -0.3 is 10.2 Å². The van der Waals surface area contributed by atoms with Crippen LogP contribution >= 0.6 is 0 Å². The third-order valence-corrected chi connectivity index (χ3v) is 5.39. The second kappa shape index (κ2) is 10.1. The first-order chi connectivity index (χ1) is 16.4. The molecule has 4 aromatic rings. The van der Waals surface area contributed by atoms with Gasteiger partial charge in [-0.3, -0.25) is 14.9 Å². The van der Waals surface area contributed by atoms with Crippen LogP contribution in [-0.4, -0.2) is 39.6 Å². The summed E-state index contributed by atoms with van der Waals surface area (Å²) < 4.78 is 1.52. The summed E-state index contributed by atoms with van der Waals surface area (Å²) in [6.07, 6.45) is 3.08. The van der Waals surface area contributed by atoms with E-state index in [1.807, 2.05) is 32.3 Å². The largest absolute Gasteiger partial charge is 0.348 e. The third kappa shape index (κ3) is 5.36. The van der Waals surface area contributed by atoms with Gasteiger partial charge in [-0.05, 0) is 48.5 Å². The first-order valence-electron chi connectivity index (χ1n) is 10.8. The number of rotatable bonds is 8. The van der Waals surface area contributed by atoms with Crippen LogP contribution in [0.1, 0.15) is 21.5 Å². The Kier molecular flexibility index (Phi) is 6.79. The van der Waals surface area contributed by atoms with E-state index in [-0.39, 0.29) is 11.6 Å². The van der Waals surface area contributed by atoms with Crippen molar-refractivity contribution in [3.8, 4) is 16.8 Å². The molecule has 0 aliphatic heterocycles. The third-order valence-electron chi connectivity index (χ3n) is 5.39. The Bertz CT molecular complexity index is 1290. The lowest BCUT2D eigenvalue weighted by atomic mass is 9.98. The van der Waals surface area contributed by atoms with Gasteiger partial charge in [0.1, 0.15) is 0 Å². The average molecular weight is 456 g/mol. The fourth-order valence-electron chi connectivity index (χ4n) is 3.70. The predicted molar refractivity (Wildman–Crippen MR) is 131 cm³/mol. The first-order valence-corrected chi connectivity index (χ1v) is 10.8. The van der Waals surface area contributed by atoms with Crippen molar-refractivity contribution in [2.45, 2.75) is 13.1 Å². The number of non-ortho nitro benzene ring substituents is 1. The average Bonchev–Trinajstić information content (AvgIpc) is 3.33. The van der Waals surface area contributed by atoms with Crippen molar-refractivity contribution >= 4 is 11.6 Å². The summed E-state index contributed by atoms with van der Waals surface area (Å²) in [5.41, 5.74) is 5.46. The number of carbonyl (C=O) groups excluding carboxylic acids is 1. The highest BCUT2D eigenvalue weighted by Gasteiger charge is 2.12. The van der Waals surface area contributed by atoms with Crippen molar-refractivity contribution in [1.82, 2.24) is 20.0 Å². The Hall–Kier alpha value is -4.30. The van der Waals surface area contributed by atoms with Crippen molar-refractivity contribution < 1.29 is 9.72 Å². The summed E-state index contributed by atoms with van der Waals surface area (Å²) in [4.78, 5) is 25.2. The second-order valence-electron chi connectivity index (χ2n) is 8.22. The molecule has 0 aliphatic rings. The van der Waals surface area contributed by atoms with E-state index in [4.69, 9.17) is 0 Å². The van der Waals surface area contributed by atoms with E-state index in [0.717, 1.165) is 23.2 Å². The number of nitro benzene ring substituents is 1. The highest BCUT2D eigenvalue weighted by molar-refractivity contribution is 5.93. The van der Waals surface area contributed by atoms with E-state index in [1.165, 1.54) is 28.6 Å². The molecule has 1 heterocycles. The predicted octanol–water partition coefficient (Wildman–Crippen LogP) is 4.44. The summed E-state index contributed by atoms with van der Waals surface area (Å²) >= 11 is 0. The molecule has 3 aromatic carbocycles. The van der Waals surface area contributed by atoms with Gasteiger partial charge in [0, 0.05) is 31.4 Å². The Morgan fingerprint density at radius 3 is 2.41 bits per heavy atom. The van der Waals surface area contributed by atoms with E-state index in [2.05, 4.69) is 45.6 Å². The van der Waals surface area contributed by atoms with Crippen LogP contribution in [0.2, 0.25) is 0 Å². The Labute approximate surface area is 197 Å². The zero-order chi connectivity index (χ0) is 24.1. The number of hydrogen-bond donors (Lipinski definition) is 1. The van der Waals surface area contributed by atoms with Gasteiger partial charge in [-0.1, -0.05) is 48.5 Å². The molecule has 8 nitrogen and oxygen atoms in total. The van der Waals surface area contributed by atoms with Gasteiger partial charge in [0.15, 0.2) is 0 Å². The fourth-order valence-corrected chi connectivity index (χ4v) is 3.70. The van der Waals surface area contributed by atoms with Crippen molar-refractivity contribution in [3.05, 3.63) is 112 Å². The molecule has 0 fully saturated rings. The minimum Gasteiger partial charge on any atom is -0.348 e. The molecule has 4 rings (SSSR count). The van der Waals surface area contributed by atoms with E-state index < -0.39 is 4.92 Å². The van der Waals surface area contributed by atoms with Gasteiger partial charge in [-0.25, -0.2) is 4.68 Å². The quantitative estimate of drug-likeness (QED) is 0.313. The molecule has 172 valence electrons. The maximum absolute atomic E-state index is 12.7. The van der Waals surface area contributed by atoms with Crippen molar-refractivity contribution in [2.24, 2.45) is 0 Å². The fraction of sp³-hybridized carbons (Fsp3) is 0.154. The van der Waals surface area contributed by atoms with Gasteiger partial charge in [0.25, 0.3) is 11.6 Å². The molecule has 0 atom stereocenters. The summed E-state index contributed by atoms with van der Waals surface area (Å²) in [6.45, 7) is 1.25. The summed E-state index contributed by atoms with van der Waals surface area (Å²) in [5, 5.41) is 18.0. The minimum absolute atomic E-state index is 0.000113. The summed E-state index contributed by atoms with van der Waals surface area (Å²) in [6, 6.07) is 22.4. The highest BCUT2D eigenvalue weighted by atomic mass is 16.6. The van der Waals surface area contributed by atoms with Gasteiger partial charge in [-0.15, -0.1) is 0 Å². The number of carbonyl (C=O) groups is 1. The molecule has 8 heteroatoms. The van der Waals surface area contributed by atoms with Gasteiger partial charge >= 0.3 is 0 Å². The van der Waals surface area contributed by atoms with Crippen LogP contribution < -0.4 is 5.32 Å². The van der Waals surface area contributed by atoms with E-state index in [0.29, 0.717) is 17.8 Å². The summed E-state index contributed by atoms with van der Waals surface area (Å²) in [7, 11) is 4.09. The molecule has 0 saturated carbocycles. The van der Waals surface area contributed by atoms with Crippen LogP contribution in [0.15, 0.2) is 85.2 Å². The molecule has 0 aliphatic carbocycles. The zero-order valence-corrected chi connectivity index (χ0v) is 19.0. The van der Waals surface area contributed by atoms with E-state index in [1.54, 1.807) is 18.3 Å². The molecule has 1 aromatic heterocycles. The number of amides is 1. The monoisotopic (exact) mass is 455 g/mol. The number of nitro groups is 1. The smallest absolute Gasteiger partial charge is 0.269 e. The number of nitrogens with zero attached hydrogens (tertiary/aromatic N) is 4. The normalized spacial score (nSPS) is 10.9. The molecule has 0 spiro atoms. The molecular formula is C26H25N5O3. The lowest BCUT2D eigenvalue weighted by Crippen LogP contribution is -2.22. The second-order valence-corrected chi connectivity index (χ2v) is 8.22. The first kappa shape index (κ1) is 22.9. The maximum atomic E-state index is 12.7. The van der Waals surface area contributed by atoms with E-state index >= 15 is 0 Å². The summed E-state index contributed by atoms with van der Waals surface area (Å²) in [5.74, 6) is -0.246. The molecule has 0 bridgehead atoms. The number of aromatic nitrogens is 2. The molecule has 0 radical (unpaired) electrons. The highest BCUT2D eigenvalue weighted by Crippen LogP contribution is 2.24. The van der Waals surface area contributed by atoms with Crippen LogP contribution in [0, 0.1) is 10.1 Å². The Morgan fingerprint density at radius 1 is 1.03 bits per heavy atom. The molecule has 34 heavy (non-hydrogen) atoms. The van der Waals surface area contributed by atoms with Crippen LogP contribution in [0.3, 0.4) is 0 Å². The molecular weight excluding hydrogens is 430 g/mol. The van der Waals surface area contributed by atoms with Crippen molar-refractivity contribution in [1.29, 1.82) is 0 Å². The van der Waals surface area contributed by atoms with Crippen LogP contribution in [0.5, 0.6) is 0 Å². The lowest BCUT2D eigenvalue weighted by Gasteiger charge is -2.13.